The third-order valence-corrected chi connectivity index (χ3v) is 3.72. The van der Waals surface area contributed by atoms with Crippen molar-refractivity contribution in [3.8, 4) is 0 Å². The van der Waals surface area contributed by atoms with Crippen LogP contribution in [-0.2, 0) is 6.42 Å². The van der Waals surface area contributed by atoms with Gasteiger partial charge in [-0.25, -0.2) is 9.18 Å². The van der Waals surface area contributed by atoms with Gasteiger partial charge in [-0.05, 0) is 54.8 Å². The lowest BCUT2D eigenvalue weighted by Crippen LogP contribution is -2.10. The van der Waals surface area contributed by atoms with Crippen molar-refractivity contribution in [1.29, 1.82) is 0 Å². The second-order valence-corrected chi connectivity index (χ2v) is 5.66. The van der Waals surface area contributed by atoms with E-state index in [0.29, 0.717) is 18.7 Å². The van der Waals surface area contributed by atoms with Gasteiger partial charge in [-0.1, -0.05) is 22.0 Å². The third-order valence-electron chi connectivity index (χ3n) is 3.23. The summed E-state index contributed by atoms with van der Waals surface area (Å²) in [5.74, 6) is -1.22. The molecule has 0 bridgehead atoms. The van der Waals surface area contributed by atoms with Crippen LogP contribution in [0.2, 0.25) is 0 Å². The normalized spacial score (nSPS) is 10.4. The molecular weight excluding hydrogens is 337 g/mol. The lowest BCUT2D eigenvalue weighted by atomic mass is 10.1. The SMILES string of the molecule is Cc1cc(F)ccc1CCNc1cc(Br)ccc1C(=O)O. The quantitative estimate of drug-likeness (QED) is 0.846. The minimum atomic E-state index is -0.969. The summed E-state index contributed by atoms with van der Waals surface area (Å²) in [6.07, 6.45) is 0.692. The lowest BCUT2D eigenvalue weighted by molar-refractivity contribution is 0.0698. The van der Waals surface area contributed by atoms with Gasteiger partial charge in [0.2, 0.25) is 0 Å². The van der Waals surface area contributed by atoms with Gasteiger partial charge in [0.1, 0.15) is 5.82 Å². The standard InChI is InChI=1S/C16H15BrFNO2/c1-10-8-13(18)4-2-11(10)6-7-19-15-9-12(17)3-5-14(15)16(20)21/h2-5,8-9,19H,6-7H2,1H3,(H,20,21). The topological polar surface area (TPSA) is 49.3 Å². The van der Waals surface area contributed by atoms with E-state index in [1.54, 1.807) is 24.3 Å². The third kappa shape index (κ3) is 4.04. The number of halogens is 2. The van der Waals surface area contributed by atoms with E-state index < -0.39 is 5.97 Å². The average molecular weight is 352 g/mol. The van der Waals surface area contributed by atoms with Crippen LogP contribution >= 0.6 is 15.9 Å². The fourth-order valence-corrected chi connectivity index (χ4v) is 2.48. The summed E-state index contributed by atoms with van der Waals surface area (Å²) in [5.41, 5.74) is 2.73. The molecule has 0 aliphatic heterocycles. The van der Waals surface area contributed by atoms with E-state index in [-0.39, 0.29) is 11.4 Å². The van der Waals surface area contributed by atoms with Crippen molar-refractivity contribution in [3.63, 3.8) is 0 Å². The van der Waals surface area contributed by atoms with Crippen LogP contribution in [0.1, 0.15) is 21.5 Å². The maximum Gasteiger partial charge on any atom is 0.337 e. The molecule has 0 saturated carbocycles. The number of aryl methyl sites for hydroxylation is 1. The molecule has 2 N–H and O–H groups in total. The van der Waals surface area contributed by atoms with Gasteiger partial charge >= 0.3 is 5.97 Å². The first kappa shape index (κ1) is 15.5. The summed E-state index contributed by atoms with van der Waals surface area (Å²) < 4.78 is 13.8. The summed E-state index contributed by atoms with van der Waals surface area (Å²) in [4.78, 5) is 11.2. The minimum Gasteiger partial charge on any atom is -0.478 e. The number of carboxylic acids is 1. The molecular formula is C16H15BrFNO2. The first-order chi connectivity index (χ1) is 9.97. The number of hydrogen-bond acceptors (Lipinski definition) is 2. The molecule has 0 amide bonds. The second kappa shape index (κ2) is 6.72. The maximum absolute atomic E-state index is 13.0. The molecule has 0 fully saturated rings. The summed E-state index contributed by atoms with van der Waals surface area (Å²) in [6.45, 7) is 2.43. The fourth-order valence-electron chi connectivity index (χ4n) is 2.12. The molecule has 0 atom stereocenters. The Labute approximate surface area is 130 Å². The molecule has 0 radical (unpaired) electrons. The molecule has 3 nitrogen and oxygen atoms in total. The number of anilines is 1. The molecule has 0 heterocycles. The van der Waals surface area contributed by atoms with Crippen molar-refractivity contribution in [3.05, 3.63) is 63.4 Å². The Morgan fingerprint density at radius 1 is 1.29 bits per heavy atom. The van der Waals surface area contributed by atoms with Crippen LogP contribution in [0.4, 0.5) is 10.1 Å². The molecule has 0 aliphatic carbocycles. The first-order valence-electron chi connectivity index (χ1n) is 6.49. The highest BCUT2D eigenvalue weighted by molar-refractivity contribution is 9.10. The molecule has 0 aromatic heterocycles. The highest BCUT2D eigenvalue weighted by atomic mass is 79.9. The summed E-state index contributed by atoms with van der Waals surface area (Å²) in [5, 5.41) is 12.3. The predicted molar refractivity (Wildman–Crippen MR) is 84.4 cm³/mol. The largest absolute Gasteiger partial charge is 0.478 e. The number of nitrogens with one attached hydrogen (secondary N) is 1. The number of benzene rings is 2. The van der Waals surface area contributed by atoms with E-state index in [1.165, 1.54) is 12.1 Å². The lowest BCUT2D eigenvalue weighted by Gasteiger charge is -2.11. The zero-order valence-electron chi connectivity index (χ0n) is 11.5. The van der Waals surface area contributed by atoms with Crippen molar-refractivity contribution in [2.75, 3.05) is 11.9 Å². The molecule has 5 heteroatoms. The van der Waals surface area contributed by atoms with E-state index in [2.05, 4.69) is 21.2 Å². The average Bonchev–Trinajstić information content (AvgIpc) is 2.41. The number of carbonyl (C=O) groups is 1. The Kier molecular flexibility index (Phi) is 4.96. The number of carboxylic acid groups (broad SMARTS) is 1. The summed E-state index contributed by atoms with van der Waals surface area (Å²) in [6, 6.07) is 9.67. The monoisotopic (exact) mass is 351 g/mol. The van der Waals surface area contributed by atoms with Crippen LogP contribution in [0, 0.1) is 12.7 Å². The Bertz CT molecular complexity index is 673. The van der Waals surface area contributed by atoms with Crippen molar-refractivity contribution < 1.29 is 14.3 Å². The highest BCUT2D eigenvalue weighted by Gasteiger charge is 2.10. The fraction of sp³-hybridized carbons (Fsp3) is 0.188. The van der Waals surface area contributed by atoms with Crippen LogP contribution in [0.25, 0.3) is 0 Å². The maximum atomic E-state index is 13.0. The number of rotatable bonds is 5. The van der Waals surface area contributed by atoms with Crippen molar-refractivity contribution in [2.45, 2.75) is 13.3 Å². The number of hydrogen-bond donors (Lipinski definition) is 2. The molecule has 2 aromatic carbocycles. The molecule has 2 aromatic rings. The second-order valence-electron chi connectivity index (χ2n) is 4.74. The van der Waals surface area contributed by atoms with Crippen molar-refractivity contribution >= 4 is 27.6 Å². The van der Waals surface area contributed by atoms with Gasteiger partial charge < -0.3 is 10.4 Å². The van der Waals surface area contributed by atoms with Gasteiger partial charge in [-0.3, -0.25) is 0 Å². The van der Waals surface area contributed by atoms with Gasteiger partial charge in [0.05, 0.1) is 5.56 Å². The van der Waals surface area contributed by atoms with Crippen LogP contribution in [-0.4, -0.2) is 17.6 Å². The van der Waals surface area contributed by atoms with Crippen LogP contribution in [0.5, 0.6) is 0 Å². The molecule has 0 unspecified atom stereocenters. The smallest absolute Gasteiger partial charge is 0.337 e. The summed E-state index contributed by atoms with van der Waals surface area (Å²) in [7, 11) is 0. The molecule has 21 heavy (non-hydrogen) atoms. The highest BCUT2D eigenvalue weighted by Crippen LogP contribution is 2.22. The van der Waals surface area contributed by atoms with E-state index in [4.69, 9.17) is 5.11 Å². The molecule has 0 spiro atoms. The van der Waals surface area contributed by atoms with Crippen LogP contribution < -0.4 is 5.32 Å². The zero-order chi connectivity index (χ0) is 15.4. The van der Waals surface area contributed by atoms with Gasteiger partial charge in [0.25, 0.3) is 0 Å². The van der Waals surface area contributed by atoms with Crippen molar-refractivity contribution in [2.24, 2.45) is 0 Å². The number of aromatic carboxylic acids is 1. The molecule has 0 saturated heterocycles. The Hall–Kier alpha value is -1.88. The van der Waals surface area contributed by atoms with E-state index in [0.717, 1.165) is 15.6 Å². The Morgan fingerprint density at radius 3 is 2.71 bits per heavy atom. The predicted octanol–water partition coefficient (Wildman–Crippen LogP) is 4.25. The molecule has 2 rings (SSSR count). The van der Waals surface area contributed by atoms with Gasteiger partial charge in [0.15, 0.2) is 0 Å². The molecule has 0 aliphatic rings. The molecule has 110 valence electrons. The van der Waals surface area contributed by atoms with E-state index in [9.17, 15) is 9.18 Å². The zero-order valence-corrected chi connectivity index (χ0v) is 13.1. The minimum absolute atomic E-state index is 0.231. The van der Waals surface area contributed by atoms with Gasteiger partial charge in [-0.2, -0.15) is 0 Å². The van der Waals surface area contributed by atoms with Gasteiger partial charge in [0, 0.05) is 16.7 Å². The van der Waals surface area contributed by atoms with E-state index >= 15 is 0 Å². The Morgan fingerprint density at radius 2 is 2.05 bits per heavy atom. The van der Waals surface area contributed by atoms with Crippen molar-refractivity contribution in [1.82, 2.24) is 0 Å². The first-order valence-corrected chi connectivity index (χ1v) is 7.28. The van der Waals surface area contributed by atoms with E-state index in [1.807, 2.05) is 6.92 Å². The van der Waals surface area contributed by atoms with Gasteiger partial charge in [-0.15, -0.1) is 0 Å². The van der Waals surface area contributed by atoms with Crippen LogP contribution in [0.15, 0.2) is 40.9 Å². The summed E-state index contributed by atoms with van der Waals surface area (Å²) >= 11 is 3.33. The Balaban J connectivity index is 2.06. The van der Waals surface area contributed by atoms with Crippen LogP contribution in [0.3, 0.4) is 0 Å².